The predicted molar refractivity (Wildman–Crippen MR) is 19.6 cm³/mol. The first-order valence-electron chi connectivity index (χ1n) is 1.74. The number of nitrogens with zero attached hydrogens (tertiary/aromatic N) is 2. The standard InChI is InChI=1S/C3H4N2/c1-3-5-4-2/h1H,2H3/i2D. The number of azo groups is 1. The molecule has 26 valence electrons. The summed E-state index contributed by atoms with van der Waals surface area (Å²) in [5, 5.41) is 6.20. The normalized spacial score (nSPS) is 10.6. The van der Waals surface area contributed by atoms with Gasteiger partial charge < -0.3 is 0 Å². The van der Waals surface area contributed by atoms with Gasteiger partial charge in [0.15, 0.2) is 0 Å². The monoisotopic (exact) mass is 69.0 g/mol. The summed E-state index contributed by atoms with van der Waals surface area (Å²) in [6.07, 6.45) is 4.62. The summed E-state index contributed by atoms with van der Waals surface area (Å²) in [6, 6.07) is 1.91. The molecule has 0 amide bonds. The van der Waals surface area contributed by atoms with Gasteiger partial charge in [0.1, 0.15) is 0 Å². The molecular formula is C3H4N2. The Morgan fingerprint density at radius 1 is 2.20 bits per heavy atom. The molecule has 0 aromatic carbocycles. The molecule has 0 heterocycles. The SMILES string of the molecule is [2H]CN=NC#C. The molecule has 0 unspecified atom stereocenters. The van der Waals surface area contributed by atoms with Crippen LogP contribution in [0.25, 0.3) is 0 Å². The van der Waals surface area contributed by atoms with E-state index in [1.54, 1.807) is 0 Å². The first-order valence-corrected chi connectivity index (χ1v) is 1.03. The summed E-state index contributed by atoms with van der Waals surface area (Å²) in [6.45, 7) is 0. The van der Waals surface area contributed by atoms with E-state index in [-0.39, 0.29) is 7.02 Å². The van der Waals surface area contributed by atoms with Crippen molar-refractivity contribution in [3.8, 4) is 12.5 Å². The van der Waals surface area contributed by atoms with Crippen molar-refractivity contribution >= 4 is 0 Å². The zero-order chi connectivity index (χ0) is 4.83. The van der Waals surface area contributed by atoms with Crippen LogP contribution in [0, 0.1) is 12.5 Å². The van der Waals surface area contributed by atoms with Crippen molar-refractivity contribution in [2.24, 2.45) is 10.2 Å². The van der Waals surface area contributed by atoms with Gasteiger partial charge in [-0.15, -0.1) is 5.11 Å². The molecular weight excluding hydrogens is 64.0 g/mol. The van der Waals surface area contributed by atoms with Gasteiger partial charge in [-0.2, -0.15) is 5.11 Å². The third-order valence-electron chi connectivity index (χ3n) is 0.128. The molecule has 2 nitrogen and oxygen atoms in total. The minimum atomic E-state index is -0.0792. The molecule has 0 rings (SSSR count). The molecule has 0 aromatic heterocycles. The second kappa shape index (κ2) is 3.16. The molecule has 0 aliphatic rings. The Labute approximate surface area is 32.3 Å². The quantitative estimate of drug-likeness (QED) is 0.295. The van der Waals surface area contributed by atoms with Gasteiger partial charge in [0.2, 0.25) is 0 Å². The lowest BCUT2D eigenvalue weighted by Crippen LogP contribution is -1.38. The summed E-state index contributed by atoms with van der Waals surface area (Å²) in [5.41, 5.74) is 0. The number of terminal acetylenes is 1. The third-order valence-corrected chi connectivity index (χ3v) is 0.128. The molecule has 2 heteroatoms. The average Bonchev–Trinajstić information content (AvgIpc) is 1.61. The van der Waals surface area contributed by atoms with E-state index in [1.165, 1.54) is 0 Å². The highest BCUT2D eigenvalue weighted by atomic mass is 15.1. The van der Waals surface area contributed by atoms with E-state index in [0.29, 0.717) is 0 Å². The Balaban J connectivity index is 3.02. The van der Waals surface area contributed by atoms with Crippen LogP contribution in [0.3, 0.4) is 0 Å². The van der Waals surface area contributed by atoms with Crippen LogP contribution in [0.4, 0.5) is 0 Å². The van der Waals surface area contributed by atoms with Gasteiger partial charge in [-0.25, -0.2) is 0 Å². The lowest BCUT2D eigenvalue weighted by Gasteiger charge is -1.53. The van der Waals surface area contributed by atoms with Crippen LogP contribution in [-0.4, -0.2) is 7.02 Å². The molecule has 0 aliphatic heterocycles. The van der Waals surface area contributed by atoms with Gasteiger partial charge in [-0.05, 0) is 0 Å². The van der Waals surface area contributed by atoms with E-state index < -0.39 is 0 Å². The lowest BCUT2D eigenvalue weighted by molar-refractivity contribution is 1.19. The Hall–Kier alpha value is -0.840. The van der Waals surface area contributed by atoms with Gasteiger partial charge in [-0.1, -0.05) is 6.42 Å². The fourth-order valence-corrected chi connectivity index (χ4v) is 0.0408. The Morgan fingerprint density at radius 2 is 3.00 bits per heavy atom. The zero-order valence-electron chi connectivity index (χ0n) is 3.68. The summed E-state index contributed by atoms with van der Waals surface area (Å²) in [7, 11) is -0.0792. The number of rotatable bonds is 0. The molecule has 0 aromatic rings. The summed E-state index contributed by atoms with van der Waals surface area (Å²) in [4.78, 5) is 0. The smallest absolute Gasteiger partial charge is 0.0537 e. The van der Waals surface area contributed by atoms with Crippen molar-refractivity contribution in [1.82, 2.24) is 0 Å². The highest BCUT2D eigenvalue weighted by molar-refractivity contribution is 4.76. The van der Waals surface area contributed by atoms with Gasteiger partial charge >= 0.3 is 0 Å². The van der Waals surface area contributed by atoms with Crippen LogP contribution >= 0.6 is 0 Å². The van der Waals surface area contributed by atoms with Crippen LogP contribution in [0.1, 0.15) is 1.37 Å². The molecule has 5 heavy (non-hydrogen) atoms. The summed E-state index contributed by atoms with van der Waals surface area (Å²) < 4.78 is 6.35. The maximum absolute atomic E-state index is 6.35. The molecule has 0 bridgehead atoms. The minimum Gasteiger partial charge on any atom is -0.183 e. The summed E-state index contributed by atoms with van der Waals surface area (Å²) >= 11 is 0. The fourth-order valence-electron chi connectivity index (χ4n) is 0.0408. The van der Waals surface area contributed by atoms with Gasteiger partial charge in [0.05, 0.1) is 6.04 Å². The fraction of sp³-hybridized carbons (Fsp3) is 0.333. The van der Waals surface area contributed by atoms with Crippen molar-refractivity contribution in [3.63, 3.8) is 0 Å². The topological polar surface area (TPSA) is 24.7 Å². The van der Waals surface area contributed by atoms with Crippen molar-refractivity contribution < 1.29 is 1.37 Å². The lowest BCUT2D eigenvalue weighted by atomic mass is 11.2. The van der Waals surface area contributed by atoms with E-state index in [1.807, 2.05) is 6.04 Å². The van der Waals surface area contributed by atoms with Crippen molar-refractivity contribution in [1.29, 1.82) is 0 Å². The van der Waals surface area contributed by atoms with E-state index >= 15 is 0 Å². The van der Waals surface area contributed by atoms with E-state index in [4.69, 9.17) is 1.37 Å². The maximum Gasteiger partial charge on any atom is 0.0537 e. The first kappa shape index (κ1) is 2.40. The zero-order valence-corrected chi connectivity index (χ0v) is 2.68. The van der Waals surface area contributed by atoms with Gasteiger partial charge in [-0.3, -0.25) is 0 Å². The maximum atomic E-state index is 6.35. The molecule has 0 spiro atoms. The second-order valence-electron chi connectivity index (χ2n) is 0.371. The largest absolute Gasteiger partial charge is 0.183 e. The molecule has 0 N–H and O–H groups in total. The van der Waals surface area contributed by atoms with Crippen LogP contribution in [0.15, 0.2) is 10.2 Å². The average molecular weight is 69.1 g/mol. The second-order valence-corrected chi connectivity index (χ2v) is 0.371. The molecule has 0 saturated carbocycles. The van der Waals surface area contributed by atoms with Gasteiger partial charge in [0.25, 0.3) is 0 Å². The van der Waals surface area contributed by atoms with Crippen LogP contribution < -0.4 is 0 Å². The highest BCUT2D eigenvalue weighted by Crippen LogP contribution is 1.56. The Bertz CT molecular complexity index is 81.3. The van der Waals surface area contributed by atoms with E-state index in [9.17, 15) is 0 Å². The summed E-state index contributed by atoms with van der Waals surface area (Å²) in [5.74, 6) is 0. The van der Waals surface area contributed by atoms with Crippen molar-refractivity contribution in [2.45, 2.75) is 0 Å². The molecule has 0 saturated heterocycles. The minimum absolute atomic E-state index is 0.0792. The predicted octanol–water partition coefficient (Wildman–Crippen LogP) is 0.659. The van der Waals surface area contributed by atoms with Crippen LogP contribution in [0.2, 0.25) is 0 Å². The van der Waals surface area contributed by atoms with E-state index in [2.05, 4.69) is 16.7 Å². The van der Waals surface area contributed by atoms with Crippen molar-refractivity contribution in [2.75, 3.05) is 7.02 Å². The highest BCUT2D eigenvalue weighted by Gasteiger charge is 1.40. The third kappa shape index (κ3) is 3.16. The van der Waals surface area contributed by atoms with E-state index in [0.717, 1.165) is 0 Å². The number of hydrogen-bond donors (Lipinski definition) is 0. The van der Waals surface area contributed by atoms with Crippen molar-refractivity contribution in [3.05, 3.63) is 0 Å². The van der Waals surface area contributed by atoms with Gasteiger partial charge in [0, 0.05) is 8.39 Å². The first-order chi connectivity index (χ1) is 2.91. The molecule has 0 aliphatic carbocycles. The Morgan fingerprint density at radius 3 is 3.20 bits per heavy atom. The molecule has 0 atom stereocenters. The molecule has 0 fully saturated rings. The molecule has 0 radical (unpaired) electrons. The number of hydrogen-bond acceptors (Lipinski definition) is 2. The van der Waals surface area contributed by atoms with Crippen LogP contribution in [-0.2, 0) is 0 Å². The Kier molecular flexibility index (Phi) is 1.52. The van der Waals surface area contributed by atoms with Crippen LogP contribution in [0.5, 0.6) is 0 Å².